The molecule has 12 bridgehead atoms. The number of hydrogen-bond acceptors (Lipinski definition) is 33. The number of amides is 6. The van der Waals surface area contributed by atoms with Gasteiger partial charge in [0.25, 0.3) is 29.5 Å². The van der Waals surface area contributed by atoms with Gasteiger partial charge in [-0.3, -0.25) is 33.6 Å². The summed E-state index contributed by atoms with van der Waals surface area (Å²) in [5.74, 6) is -10.2. The molecule has 104 heavy (non-hydrogen) atoms. The van der Waals surface area contributed by atoms with Gasteiger partial charge in [-0.2, -0.15) is 4.73 Å². The molecule has 12 rings (SSSR count). The highest BCUT2D eigenvalue weighted by Gasteiger charge is 2.50. The van der Waals surface area contributed by atoms with Crippen LogP contribution in [0.25, 0.3) is 49.3 Å². The van der Waals surface area contributed by atoms with Crippen molar-refractivity contribution in [1.29, 1.82) is 0 Å². The van der Waals surface area contributed by atoms with Gasteiger partial charge in [0.1, 0.15) is 126 Å². The number of ether oxygens (including phenoxy) is 6. The van der Waals surface area contributed by atoms with Crippen LogP contribution in [0.1, 0.15) is 125 Å². The molecule has 4 aliphatic rings. The number of aromatic hydroxyl groups is 1. The van der Waals surface area contributed by atoms with E-state index in [4.69, 9.17) is 54.8 Å². The van der Waals surface area contributed by atoms with E-state index < -0.39 is 157 Å². The normalized spacial score (nSPS) is 24.0. The van der Waals surface area contributed by atoms with E-state index in [1.165, 1.54) is 60.0 Å². The quantitative estimate of drug-likeness (QED) is 0.0342. The number of thioether (sulfide) groups is 1. The van der Waals surface area contributed by atoms with E-state index in [2.05, 4.69) is 41.5 Å². The van der Waals surface area contributed by atoms with Crippen LogP contribution < -0.4 is 38.1 Å². The number of nitrogens with one attached hydrogen (secondary N) is 5. The Morgan fingerprint density at radius 3 is 2.23 bits per heavy atom. The van der Waals surface area contributed by atoms with Crippen LogP contribution in [0.3, 0.4) is 0 Å². The molecule has 12 atom stereocenters. The van der Waals surface area contributed by atoms with E-state index >= 15 is 19.2 Å². The van der Waals surface area contributed by atoms with Gasteiger partial charge in [0.05, 0.1) is 43.1 Å². The number of aliphatic carboxylic acids is 1. The van der Waals surface area contributed by atoms with Crippen LogP contribution in [0.4, 0.5) is 0 Å². The van der Waals surface area contributed by atoms with E-state index in [1.807, 2.05) is 0 Å². The van der Waals surface area contributed by atoms with Gasteiger partial charge in [-0.1, -0.05) is 12.1 Å². The molecule has 14 N–H and O–H groups in total. The first kappa shape index (κ1) is 74.2. The van der Waals surface area contributed by atoms with Gasteiger partial charge >= 0.3 is 17.9 Å². The topological polar surface area (TPSA) is 508 Å². The number of aliphatic hydroxyl groups excluding tert-OH is 1. The number of fused-ring (bicyclic) bond motifs is 15. The number of aromatic nitrogens is 7. The molecule has 8 aromatic rings. The molecule has 6 amide bonds. The zero-order valence-corrected chi connectivity index (χ0v) is 60.5. The monoisotopic (exact) mass is 1540 g/mol. The summed E-state index contributed by atoms with van der Waals surface area (Å²) < 4.78 is 38.2. The van der Waals surface area contributed by atoms with Crippen molar-refractivity contribution in [3.05, 3.63) is 112 Å². The first-order valence-electron chi connectivity index (χ1n) is 31.4. The number of benzene rings is 1. The predicted molar refractivity (Wildman–Crippen MR) is 373 cm³/mol. The van der Waals surface area contributed by atoms with Crippen molar-refractivity contribution in [1.82, 2.24) is 66.1 Å². The molecule has 548 valence electrons. The Morgan fingerprint density at radius 1 is 0.865 bits per heavy atom. The molecule has 1 aromatic carbocycles. The van der Waals surface area contributed by atoms with Crippen molar-refractivity contribution in [2.75, 3.05) is 33.6 Å². The van der Waals surface area contributed by atoms with Crippen LogP contribution in [0.2, 0.25) is 0 Å². The average molecular weight is 1540 g/mol. The van der Waals surface area contributed by atoms with E-state index in [-0.39, 0.29) is 116 Å². The number of aliphatic hydroxyl groups is 2. The van der Waals surface area contributed by atoms with Gasteiger partial charge in [-0.25, -0.2) is 39.5 Å². The number of carboxylic acid groups (broad SMARTS) is 1. The van der Waals surface area contributed by atoms with E-state index in [0.717, 1.165) is 56.7 Å². The number of thiazole rings is 5. The number of cyclic esters (lactones) is 2. The first-order chi connectivity index (χ1) is 49.5. The Labute approximate surface area is 612 Å². The molecule has 1 saturated heterocycles. The average Bonchev–Trinajstić information content (AvgIpc) is 1.56. The number of rotatable bonds is 13. The molecule has 41 heteroatoms. The van der Waals surface area contributed by atoms with Crippen molar-refractivity contribution in [3.8, 4) is 38.4 Å². The van der Waals surface area contributed by atoms with E-state index in [1.54, 1.807) is 45.0 Å². The third-order valence-corrected chi connectivity index (χ3v) is 22.7. The largest absolute Gasteiger partial charge is 0.506 e. The second-order valence-electron chi connectivity index (χ2n) is 24.6. The Balaban J connectivity index is 1.02. The summed E-state index contributed by atoms with van der Waals surface area (Å²) in [6.07, 6.45) is -7.66. The first-order valence-corrected chi connectivity index (χ1v) is 36.8. The van der Waals surface area contributed by atoms with Crippen molar-refractivity contribution < 1.29 is 97.2 Å². The highest BCUT2D eigenvalue weighted by atomic mass is 32.2. The number of hydrogen-bond donors (Lipinski definition) is 12. The molecular formula is C63H65N15O20S6. The summed E-state index contributed by atoms with van der Waals surface area (Å²) in [5.41, 5.74) is 7.88. The number of nitrogens with two attached hydrogens (primary N) is 2. The van der Waals surface area contributed by atoms with Crippen molar-refractivity contribution in [2.45, 2.75) is 119 Å². The van der Waals surface area contributed by atoms with Crippen molar-refractivity contribution in [2.24, 2.45) is 11.5 Å². The minimum absolute atomic E-state index is 0.0000259. The zero-order valence-electron chi connectivity index (χ0n) is 55.6. The van der Waals surface area contributed by atoms with Gasteiger partial charge in [0.2, 0.25) is 5.91 Å². The molecule has 3 unspecified atom stereocenters. The van der Waals surface area contributed by atoms with Gasteiger partial charge in [0.15, 0.2) is 23.5 Å². The standard InChI is InChI=1S/C63H65N15O20S6/c1-22(79)39-53(86)74-40(23(2)93-7)56-69-33(20-102-56)51(84)75-43-45-46(98-37-12-63(4,91)47(77(5)6)24(3)97-37)62(90)95-13-25-9-8-10-35-38(25)27(14-94-45)44(78(35)92)61(89)96-15-29(66-49(82)31-19-104-58(43)71-31)55-67-30(17-101-55)41-26(54-68-32(18-100-54)50(83)73-39)11-36(80)42(72-41)57-70-34(21-103-57)52(85)76-59(48(65)81)99-16-28(64)60(87)88/h8-11,17-22,24,28-29,37,39,43,45-47,59,79-80,91-92H,12-16,64H2,1-7H3,(H2,65,81)(H,66,82)(H,73,83)(H,74,86)(H,75,84)(H,76,85)(H,87,88)/b40-23+/t22-,24+,28?,29+,37+,39?,43+,45+,46+,47-,59?,63+/m1/s1. The number of primary amides is 1. The Kier molecular flexibility index (Phi) is 21.6. The predicted octanol–water partition coefficient (Wildman–Crippen LogP) is 2.85. The second-order valence-corrected chi connectivity index (χ2v) is 30.1. The van der Waals surface area contributed by atoms with Gasteiger partial charge in [-0.05, 0) is 59.5 Å². The second kappa shape index (κ2) is 30.3. The summed E-state index contributed by atoms with van der Waals surface area (Å²) in [6.45, 7) is 4.13. The van der Waals surface area contributed by atoms with Crippen LogP contribution >= 0.6 is 68.4 Å². The van der Waals surface area contributed by atoms with Crippen LogP contribution in [-0.2, 0) is 60.8 Å². The fourth-order valence-corrected chi connectivity index (χ4v) is 17.2. The lowest BCUT2D eigenvalue weighted by atomic mass is 9.85. The van der Waals surface area contributed by atoms with E-state index in [0.29, 0.717) is 16.5 Å². The number of carbonyl (C=O) groups excluding carboxylic acids is 8. The lowest BCUT2D eigenvalue weighted by molar-refractivity contribution is -0.280. The number of likely N-dealkylation sites (N-methyl/N-ethyl adjacent to an activating group) is 1. The number of allylic oxidation sites excluding steroid dienone is 1. The number of nitrogens with zero attached hydrogens (tertiary/aromatic N) is 8. The zero-order chi connectivity index (χ0) is 74.5. The fraction of sp³-hybridized carbons (Fsp3) is 0.381. The maximum Gasteiger partial charge on any atom is 0.358 e. The summed E-state index contributed by atoms with van der Waals surface area (Å²) >= 11 is 4.99. The van der Waals surface area contributed by atoms with Gasteiger partial charge in [0, 0.05) is 55.6 Å². The molecule has 4 aliphatic heterocycles. The summed E-state index contributed by atoms with van der Waals surface area (Å²) in [7, 11) is 4.81. The molecule has 0 radical (unpaired) electrons. The Hall–Kier alpha value is -9.50. The van der Waals surface area contributed by atoms with Gasteiger partial charge in [-0.15, -0.1) is 68.4 Å². The highest BCUT2D eigenvalue weighted by Crippen LogP contribution is 2.43. The fourth-order valence-electron chi connectivity index (χ4n) is 12.1. The Bertz CT molecular complexity index is 4770. The molecule has 0 aliphatic carbocycles. The van der Waals surface area contributed by atoms with Crippen LogP contribution in [0.15, 0.2) is 56.9 Å². The number of methoxy groups -OCH3 is 1. The van der Waals surface area contributed by atoms with E-state index in [9.17, 15) is 49.6 Å². The molecule has 35 nitrogen and oxygen atoms in total. The number of esters is 2. The van der Waals surface area contributed by atoms with Crippen LogP contribution in [0.5, 0.6) is 5.75 Å². The molecular weight excluding hydrogens is 1480 g/mol. The number of carboxylic acids is 1. The number of carbonyl (C=O) groups is 9. The summed E-state index contributed by atoms with van der Waals surface area (Å²) in [5, 5.41) is 75.2. The SMILES string of the molecule is CO/C(C)=C1/NC(=O)C([C@@H](C)O)NC(=O)c2csc(n2)-c2cc(O)c(-c3nc(C(=O)NC(SCC(N)C(=O)O)C(N)=O)cs3)nc2-c2csc(n2)[C@@H]2COC(=O)c3c4c5c(cccc5n3O)COC(=O)[C@@H](O[C@H]3C[C@](C)(O)[C@H](N(C)C)[C@H](C)O3)[C@@H](OC4)[C@H](NC(=O)c3csc1n3)c1nc(cs1)C(=O)N2. The van der Waals surface area contributed by atoms with Gasteiger partial charge < -0.3 is 97.0 Å². The highest BCUT2D eigenvalue weighted by molar-refractivity contribution is 8.00. The number of pyridine rings is 1. The summed E-state index contributed by atoms with van der Waals surface area (Å²) in [6, 6.07) is -0.934. The third-order valence-electron chi connectivity index (χ3n) is 17.0. The van der Waals surface area contributed by atoms with Crippen molar-refractivity contribution in [3.63, 3.8) is 0 Å². The molecule has 0 spiro atoms. The smallest absolute Gasteiger partial charge is 0.358 e. The molecule has 11 heterocycles. The van der Waals surface area contributed by atoms with Crippen LogP contribution in [-0.4, -0.2) is 212 Å². The molecule has 0 saturated carbocycles. The lowest BCUT2D eigenvalue weighted by Crippen LogP contribution is -2.62. The van der Waals surface area contributed by atoms with Crippen LogP contribution in [0, 0.1) is 0 Å². The molecule has 1 fully saturated rings. The third kappa shape index (κ3) is 15.1. The summed E-state index contributed by atoms with van der Waals surface area (Å²) in [4.78, 5) is 157. The maximum atomic E-state index is 15.2. The maximum absolute atomic E-state index is 15.2. The minimum Gasteiger partial charge on any atom is -0.506 e. The van der Waals surface area contributed by atoms with Crippen molar-refractivity contribution >= 4 is 138 Å². The minimum atomic E-state index is -1.94. The Morgan fingerprint density at radius 2 is 1.53 bits per heavy atom. The molecule has 7 aromatic heterocycles. The lowest BCUT2D eigenvalue weighted by Gasteiger charge is -2.48.